The average Bonchev–Trinajstić information content (AvgIpc) is 3.22. The molecule has 1 unspecified atom stereocenters. The van der Waals surface area contributed by atoms with Crippen molar-refractivity contribution >= 4 is 29.2 Å². The molecule has 0 aliphatic rings. The summed E-state index contributed by atoms with van der Waals surface area (Å²) in [6, 6.07) is 3.18. The minimum Gasteiger partial charge on any atom is -0.469 e. The molecule has 26 heavy (non-hydrogen) atoms. The number of methoxy groups -OCH3 is 1. The summed E-state index contributed by atoms with van der Waals surface area (Å²) < 4.78 is 9.76. The van der Waals surface area contributed by atoms with E-state index < -0.39 is 23.9 Å². The minimum atomic E-state index is -0.510. The van der Waals surface area contributed by atoms with Crippen molar-refractivity contribution in [3.05, 3.63) is 44.9 Å². The first-order valence-corrected chi connectivity index (χ1v) is 9.04. The second kappa shape index (κ2) is 8.66. The Bertz CT molecular complexity index is 795. The quantitative estimate of drug-likeness (QED) is 0.722. The summed E-state index contributed by atoms with van der Waals surface area (Å²) in [6.45, 7) is 5.37. The molecule has 140 valence electrons. The number of amides is 1. The lowest BCUT2D eigenvalue weighted by atomic mass is 10.1. The molecular weight excluding hydrogens is 356 g/mol. The fraction of sp³-hybridized carbons (Fsp3) is 0.389. The van der Waals surface area contributed by atoms with Gasteiger partial charge in [-0.2, -0.15) is 0 Å². The van der Waals surface area contributed by atoms with Gasteiger partial charge in [0.1, 0.15) is 5.69 Å². The molecule has 0 spiro atoms. The third kappa shape index (κ3) is 4.32. The van der Waals surface area contributed by atoms with E-state index in [4.69, 9.17) is 9.47 Å². The van der Waals surface area contributed by atoms with Gasteiger partial charge in [-0.05, 0) is 37.8 Å². The minimum absolute atomic E-state index is 0.0201. The van der Waals surface area contributed by atoms with Crippen LogP contribution in [0.1, 0.15) is 56.4 Å². The van der Waals surface area contributed by atoms with Crippen molar-refractivity contribution in [2.75, 3.05) is 13.7 Å². The monoisotopic (exact) mass is 378 g/mol. The Morgan fingerprint density at radius 2 is 2.04 bits per heavy atom. The van der Waals surface area contributed by atoms with Gasteiger partial charge < -0.3 is 19.8 Å². The molecule has 0 aliphatic heterocycles. The van der Waals surface area contributed by atoms with Crippen LogP contribution in [0.2, 0.25) is 0 Å². The number of aromatic amines is 1. The lowest BCUT2D eigenvalue weighted by molar-refractivity contribution is -0.141. The highest BCUT2D eigenvalue weighted by Crippen LogP contribution is 2.24. The number of hydrogen-bond acceptors (Lipinski definition) is 6. The Labute approximate surface area is 155 Å². The lowest BCUT2D eigenvalue weighted by Gasteiger charge is -2.16. The van der Waals surface area contributed by atoms with Crippen molar-refractivity contribution in [3.63, 3.8) is 0 Å². The van der Waals surface area contributed by atoms with E-state index in [1.54, 1.807) is 20.8 Å². The second-order valence-corrected chi connectivity index (χ2v) is 6.65. The van der Waals surface area contributed by atoms with E-state index in [0.717, 1.165) is 4.88 Å². The van der Waals surface area contributed by atoms with Gasteiger partial charge in [0.15, 0.2) is 0 Å². The van der Waals surface area contributed by atoms with E-state index >= 15 is 0 Å². The Balaban J connectivity index is 2.26. The summed E-state index contributed by atoms with van der Waals surface area (Å²) in [6.07, 6.45) is 0.0201. The number of ether oxygens (including phenoxy) is 2. The van der Waals surface area contributed by atoms with Gasteiger partial charge in [-0.3, -0.25) is 9.59 Å². The zero-order chi connectivity index (χ0) is 19.3. The number of rotatable bonds is 7. The van der Waals surface area contributed by atoms with Gasteiger partial charge in [0.05, 0.1) is 31.7 Å². The largest absolute Gasteiger partial charge is 0.469 e. The topological polar surface area (TPSA) is 97.5 Å². The summed E-state index contributed by atoms with van der Waals surface area (Å²) in [7, 11) is 1.31. The van der Waals surface area contributed by atoms with Gasteiger partial charge >= 0.3 is 11.9 Å². The SMILES string of the molecule is CCOC(=O)c1c(C)[nH]c(C(=O)NC(CC(=O)OC)c2cccs2)c1C. The van der Waals surface area contributed by atoms with Gasteiger partial charge in [-0.15, -0.1) is 11.3 Å². The van der Waals surface area contributed by atoms with Crippen LogP contribution in [-0.4, -0.2) is 36.5 Å². The molecular formula is C18H22N2O5S. The average molecular weight is 378 g/mol. The van der Waals surface area contributed by atoms with Crippen molar-refractivity contribution in [1.82, 2.24) is 10.3 Å². The third-order valence-electron chi connectivity index (χ3n) is 3.93. The van der Waals surface area contributed by atoms with Crippen LogP contribution in [-0.2, 0) is 14.3 Å². The van der Waals surface area contributed by atoms with Crippen LogP contribution in [0.3, 0.4) is 0 Å². The van der Waals surface area contributed by atoms with Gasteiger partial charge in [0.25, 0.3) is 5.91 Å². The third-order valence-corrected chi connectivity index (χ3v) is 4.92. The molecule has 2 heterocycles. The predicted octanol–water partition coefficient (Wildman–Crippen LogP) is 2.90. The molecule has 0 aromatic carbocycles. The molecule has 2 N–H and O–H groups in total. The zero-order valence-electron chi connectivity index (χ0n) is 15.2. The number of nitrogens with one attached hydrogen (secondary N) is 2. The van der Waals surface area contributed by atoms with Crippen molar-refractivity contribution in [1.29, 1.82) is 0 Å². The van der Waals surface area contributed by atoms with Crippen LogP contribution in [0.5, 0.6) is 0 Å². The fourth-order valence-corrected chi connectivity index (χ4v) is 3.46. The van der Waals surface area contributed by atoms with Crippen LogP contribution >= 0.6 is 11.3 Å². The molecule has 7 nitrogen and oxygen atoms in total. The molecule has 1 amide bonds. The summed E-state index contributed by atoms with van der Waals surface area (Å²) in [5, 5.41) is 4.71. The molecule has 0 saturated carbocycles. The molecule has 2 aromatic heterocycles. The van der Waals surface area contributed by atoms with E-state index in [9.17, 15) is 14.4 Å². The van der Waals surface area contributed by atoms with E-state index in [1.807, 2.05) is 17.5 Å². The van der Waals surface area contributed by atoms with Crippen LogP contribution in [0.25, 0.3) is 0 Å². The number of carbonyl (C=O) groups excluding carboxylic acids is 3. The maximum Gasteiger partial charge on any atom is 0.340 e. The second-order valence-electron chi connectivity index (χ2n) is 5.67. The van der Waals surface area contributed by atoms with Crippen LogP contribution in [0.15, 0.2) is 17.5 Å². The first-order valence-electron chi connectivity index (χ1n) is 8.16. The lowest BCUT2D eigenvalue weighted by Crippen LogP contribution is -2.30. The van der Waals surface area contributed by atoms with E-state index in [1.165, 1.54) is 18.4 Å². The van der Waals surface area contributed by atoms with Crippen molar-refractivity contribution in [3.8, 4) is 0 Å². The number of H-pyrrole nitrogens is 1. The summed E-state index contributed by atoms with van der Waals surface area (Å²) in [4.78, 5) is 40.3. The first kappa shape index (κ1) is 19.7. The zero-order valence-corrected chi connectivity index (χ0v) is 16.0. The van der Waals surface area contributed by atoms with Crippen molar-refractivity contribution in [2.45, 2.75) is 33.2 Å². The first-order chi connectivity index (χ1) is 12.4. The normalized spacial score (nSPS) is 11.7. The van der Waals surface area contributed by atoms with E-state index in [-0.39, 0.29) is 18.7 Å². The van der Waals surface area contributed by atoms with Gasteiger partial charge in [0, 0.05) is 10.6 Å². The van der Waals surface area contributed by atoms with Crippen molar-refractivity contribution < 1.29 is 23.9 Å². The highest BCUT2D eigenvalue weighted by molar-refractivity contribution is 7.10. The van der Waals surface area contributed by atoms with E-state index in [0.29, 0.717) is 16.8 Å². The number of aryl methyl sites for hydroxylation is 1. The molecule has 1 atom stereocenters. The smallest absolute Gasteiger partial charge is 0.340 e. The standard InChI is InChI=1S/C18H22N2O5S/c1-5-25-18(23)15-10(2)16(19-11(15)3)17(22)20-12(9-14(21)24-4)13-7-6-8-26-13/h6-8,12,19H,5,9H2,1-4H3,(H,20,22). The number of hydrogen-bond donors (Lipinski definition) is 2. The summed E-state index contributed by atoms with van der Waals surface area (Å²) >= 11 is 1.44. The molecule has 8 heteroatoms. The molecule has 2 aromatic rings. The fourth-order valence-electron chi connectivity index (χ4n) is 2.68. The van der Waals surface area contributed by atoms with Crippen molar-refractivity contribution in [2.24, 2.45) is 0 Å². The Morgan fingerprint density at radius 1 is 1.31 bits per heavy atom. The molecule has 0 bridgehead atoms. The van der Waals surface area contributed by atoms with Crippen LogP contribution in [0, 0.1) is 13.8 Å². The van der Waals surface area contributed by atoms with E-state index in [2.05, 4.69) is 10.3 Å². The number of thiophene rings is 1. The molecule has 0 fully saturated rings. The number of carbonyl (C=O) groups is 3. The Hall–Kier alpha value is -2.61. The summed E-state index contributed by atoms with van der Waals surface area (Å²) in [5.74, 6) is -1.29. The van der Waals surface area contributed by atoms with Crippen LogP contribution in [0.4, 0.5) is 0 Å². The Morgan fingerprint density at radius 3 is 2.62 bits per heavy atom. The van der Waals surface area contributed by atoms with Gasteiger partial charge in [-0.1, -0.05) is 6.07 Å². The highest BCUT2D eigenvalue weighted by atomic mass is 32.1. The Kier molecular flexibility index (Phi) is 6.57. The maximum atomic E-state index is 12.7. The van der Waals surface area contributed by atoms with Crippen LogP contribution < -0.4 is 5.32 Å². The number of esters is 2. The molecule has 0 radical (unpaired) electrons. The van der Waals surface area contributed by atoms with Gasteiger partial charge in [0.2, 0.25) is 0 Å². The summed E-state index contributed by atoms with van der Waals surface area (Å²) in [5.41, 5.74) is 1.71. The molecule has 0 saturated heterocycles. The molecule has 0 aliphatic carbocycles. The molecule has 2 rings (SSSR count). The van der Waals surface area contributed by atoms with Gasteiger partial charge in [-0.25, -0.2) is 4.79 Å². The predicted molar refractivity (Wildman–Crippen MR) is 97.4 cm³/mol. The highest BCUT2D eigenvalue weighted by Gasteiger charge is 2.26. The number of aromatic nitrogens is 1. The maximum absolute atomic E-state index is 12.7.